The topological polar surface area (TPSA) is 79.6 Å². The van der Waals surface area contributed by atoms with Crippen LogP contribution in [0.15, 0.2) is 41.0 Å². The van der Waals surface area contributed by atoms with Crippen LogP contribution < -0.4 is 9.62 Å². The van der Waals surface area contributed by atoms with Crippen LogP contribution in [-0.4, -0.2) is 26.6 Å². The number of anilines is 2. The largest absolute Gasteiger partial charge is 0.469 e. The van der Waals surface area contributed by atoms with Gasteiger partial charge in [0.05, 0.1) is 23.3 Å². The average Bonchev–Trinajstić information content (AvgIpc) is 3.05. The number of nitrogens with one attached hydrogen (secondary N) is 1. The minimum atomic E-state index is -3.18. The molecule has 0 radical (unpaired) electrons. The third kappa shape index (κ3) is 2.71. The Bertz CT molecular complexity index is 793. The molecule has 22 heavy (non-hydrogen) atoms. The van der Waals surface area contributed by atoms with Crippen LogP contribution in [0.3, 0.4) is 0 Å². The fraction of sp³-hybridized carbons (Fsp3) is 0.267. The molecule has 6 nitrogen and oxygen atoms in total. The van der Waals surface area contributed by atoms with E-state index in [2.05, 4.69) is 5.32 Å². The van der Waals surface area contributed by atoms with E-state index in [1.807, 2.05) is 0 Å². The molecular weight excluding hydrogens is 304 g/mol. The van der Waals surface area contributed by atoms with Gasteiger partial charge < -0.3 is 9.73 Å². The van der Waals surface area contributed by atoms with E-state index < -0.39 is 10.0 Å². The molecule has 1 N–H and O–H groups in total. The van der Waals surface area contributed by atoms with Crippen molar-refractivity contribution in [1.29, 1.82) is 0 Å². The number of hydrogen-bond donors (Lipinski definition) is 1. The highest BCUT2D eigenvalue weighted by Gasteiger charge is 2.28. The summed E-state index contributed by atoms with van der Waals surface area (Å²) in [5.41, 5.74) is 1.70. The molecule has 1 amide bonds. The van der Waals surface area contributed by atoms with Gasteiger partial charge in [0.15, 0.2) is 0 Å². The van der Waals surface area contributed by atoms with Gasteiger partial charge in [-0.1, -0.05) is 0 Å². The fourth-order valence-electron chi connectivity index (χ4n) is 2.46. The molecule has 1 aliphatic heterocycles. The van der Waals surface area contributed by atoms with Crippen molar-refractivity contribution in [1.82, 2.24) is 0 Å². The smallest absolute Gasteiger partial charge is 0.259 e. The normalized spacial score (nSPS) is 16.7. The van der Waals surface area contributed by atoms with E-state index in [1.165, 1.54) is 10.6 Å². The number of amides is 1. The first kappa shape index (κ1) is 14.6. The van der Waals surface area contributed by atoms with E-state index in [0.717, 1.165) is 0 Å². The monoisotopic (exact) mass is 320 g/mol. The lowest BCUT2D eigenvalue weighted by atomic mass is 10.2. The number of nitrogens with zero attached hydrogens (tertiary/aromatic N) is 1. The molecule has 0 unspecified atom stereocenters. The number of furan rings is 1. The number of hydrogen-bond acceptors (Lipinski definition) is 4. The molecule has 7 heteroatoms. The quantitative estimate of drug-likeness (QED) is 0.941. The van der Waals surface area contributed by atoms with Crippen molar-refractivity contribution in [3.8, 4) is 0 Å². The van der Waals surface area contributed by atoms with Crippen molar-refractivity contribution in [3.63, 3.8) is 0 Å². The van der Waals surface area contributed by atoms with Crippen LogP contribution in [0.5, 0.6) is 0 Å². The van der Waals surface area contributed by atoms with Gasteiger partial charge in [-0.05, 0) is 43.7 Å². The van der Waals surface area contributed by atoms with Crippen molar-refractivity contribution in [2.45, 2.75) is 13.3 Å². The lowest BCUT2D eigenvalue weighted by Crippen LogP contribution is -2.25. The van der Waals surface area contributed by atoms with E-state index >= 15 is 0 Å². The molecule has 1 aromatic heterocycles. The van der Waals surface area contributed by atoms with Crippen molar-refractivity contribution >= 4 is 27.3 Å². The highest BCUT2D eigenvalue weighted by Crippen LogP contribution is 2.25. The van der Waals surface area contributed by atoms with Gasteiger partial charge in [0.1, 0.15) is 5.76 Å². The van der Waals surface area contributed by atoms with Crippen molar-refractivity contribution in [2.75, 3.05) is 21.9 Å². The molecule has 2 aromatic rings. The Hall–Kier alpha value is -2.28. The van der Waals surface area contributed by atoms with Gasteiger partial charge in [-0.3, -0.25) is 9.10 Å². The van der Waals surface area contributed by atoms with Gasteiger partial charge in [0.25, 0.3) is 5.91 Å². The Labute approximate surface area is 128 Å². The lowest BCUT2D eigenvalue weighted by molar-refractivity contribution is 0.102. The molecule has 1 saturated heterocycles. The summed E-state index contributed by atoms with van der Waals surface area (Å²) < 4.78 is 30.2. The zero-order valence-electron chi connectivity index (χ0n) is 12.1. The predicted octanol–water partition coefficient (Wildman–Crippen LogP) is 2.38. The average molecular weight is 320 g/mol. The van der Waals surface area contributed by atoms with Crippen molar-refractivity contribution in [3.05, 3.63) is 47.9 Å². The van der Waals surface area contributed by atoms with E-state index in [0.29, 0.717) is 35.7 Å². The maximum atomic E-state index is 12.1. The minimum absolute atomic E-state index is 0.186. The zero-order chi connectivity index (χ0) is 15.7. The van der Waals surface area contributed by atoms with Gasteiger partial charge in [-0.15, -0.1) is 0 Å². The Balaban J connectivity index is 1.75. The summed E-state index contributed by atoms with van der Waals surface area (Å²) in [5, 5.41) is 2.76. The first-order chi connectivity index (χ1) is 10.5. The molecule has 0 spiro atoms. The summed E-state index contributed by atoms with van der Waals surface area (Å²) in [6.45, 7) is 2.22. The summed E-state index contributed by atoms with van der Waals surface area (Å²) >= 11 is 0. The molecular formula is C15H16N2O4S. The predicted molar refractivity (Wildman–Crippen MR) is 83.6 cm³/mol. The van der Waals surface area contributed by atoms with Gasteiger partial charge in [-0.2, -0.15) is 0 Å². The molecule has 0 atom stereocenters. The summed E-state index contributed by atoms with van der Waals surface area (Å²) in [6, 6.07) is 8.38. The Kier molecular flexibility index (Phi) is 3.66. The number of aryl methyl sites for hydroxylation is 1. The van der Waals surface area contributed by atoms with Gasteiger partial charge in [0.2, 0.25) is 10.0 Å². The number of carbonyl (C=O) groups is 1. The molecule has 3 rings (SSSR count). The van der Waals surface area contributed by atoms with Gasteiger partial charge in [-0.25, -0.2) is 8.42 Å². The van der Waals surface area contributed by atoms with E-state index in [9.17, 15) is 13.2 Å². The number of sulfonamides is 1. The Morgan fingerprint density at radius 2 is 1.95 bits per heavy atom. The maximum absolute atomic E-state index is 12.1. The van der Waals surface area contributed by atoms with Gasteiger partial charge in [0, 0.05) is 12.2 Å². The van der Waals surface area contributed by atoms with Crippen LogP contribution >= 0.6 is 0 Å². The zero-order valence-corrected chi connectivity index (χ0v) is 12.9. The molecule has 116 valence electrons. The van der Waals surface area contributed by atoms with Crippen LogP contribution in [0.1, 0.15) is 22.5 Å². The molecule has 0 bridgehead atoms. The van der Waals surface area contributed by atoms with Gasteiger partial charge >= 0.3 is 0 Å². The van der Waals surface area contributed by atoms with Crippen LogP contribution in [0.4, 0.5) is 11.4 Å². The summed E-state index contributed by atoms with van der Waals surface area (Å²) in [7, 11) is -3.18. The first-order valence-electron chi connectivity index (χ1n) is 6.93. The summed E-state index contributed by atoms with van der Waals surface area (Å²) in [4.78, 5) is 12.1. The second-order valence-corrected chi connectivity index (χ2v) is 7.15. The van der Waals surface area contributed by atoms with Crippen LogP contribution in [0.25, 0.3) is 0 Å². The van der Waals surface area contributed by atoms with E-state index in [-0.39, 0.29) is 11.7 Å². The molecule has 0 saturated carbocycles. The number of rotatable bonds is 3. The van der Waals surface area contributed by atoms with Crippen LogP contribution in [0.2, 0.25) is 0 Å². The SMILES string of the molecule is Cc1occc1C(=O)Nc1ccc(N2CCCS2(=O)=O)cc1. The second-order valence-electron chi connectivity index (χ2n) is 5.13. The molecule has 2 heterocycles. The highest BCUT2D eigenvalue weighted by molar-refractivity contribution is 7.93. The fourth-order valence-corrected chi connectivity index (χ4v) is 4.02. The molecule has 1 fully saturated rings. The number of carbonyl (C=O) groups excluding carboxylic acids is 1. The molecule has 1 aliphatic rings. The summed E-state index contributed by atoms with van der Waals surface area (Å²) in [6.07, 6.45) is 2.10. The third-order valence-corrected chi connectivity index (χ3v) is 5.49. The highest BCUT2D eigenvalue weighted by atomic mass is 32.2. The van der Waals surface area contributed by atoms with Crippen molar-refractivity contribution < 1.29 is 17.6 Å². The standard InChI is InChI=1S/C15H16N2O4S/c1-11-14(7-9-21-11)15(18)16-12-3-5-13(6-4-12)17-8-2-10-22(17,19)20/h3-7,9H,2,8,10H2,1H3,(H,16,18). The maximum Gasteiger partial charge on any atom is 0.259 e. The first-order valence-corrected chi connectivity index (χ1v) is 8.54. The van der Waals surface area contributed by atoms with E-state index in [4.69, 9.17) is 4.42 Å². The lowest BCUT2D eigenvalue weighted by Gasteiger charge is -2.17. The second kappa shape index (κ2) is 5.49. The summed E-state index contributed by atoms with van der Waals surface area (Å²) in [5.74, 6) is 0.482. The molecule has 1 aromatic carbocycles. The van der Waals surface area contributed by atoms with Crippen LogP contribution in [-0.2, 0) is 10.0 Å². The Morgan fingerprint density at radius 1 is 1.23 bits per heavy atom. The number of benzene rings is 1. The minimum Gasteiger partial charge on any atom is -0.469 e. The van der Waals surface area contributed by atoms with Crippen LogP contribution in [0, 0.1) is 6.92 Å². The van der Waals surface area contributed by atoms with Crippen molar-refractivity contribution in [2.24, 2.45) is 0 Å². The van der Waals surface area contributed by atoms with E-state index in [1.54, 1.807) is 37.3 Å². The third-order valence-electron chi connectivity index (χ3n) is 3.62. The molecule has 0 aliphatic carbocycles. The Morgan fingerprint density at radius 3 is 2.50 bits per heavy atom.